The molecule has 1 atom stereocenters. The third kappa shape index (κ3) is 1.98. The molecule has 0 aliphatic heterocycles. The summed E-state index contributed by atoms with van der Waals surface area (Å²) in [5, 5.41) is 9.95. The molecule has 0 bridgehead atoms. The summed E-state index contributed by atoms with van der Waals surface area (Å²) in [5.74, 6) is -0.0876. The van der Waals surface area contributed by atoms with Gasteiger partial charge in [-0.15, -0.1) is 0 Å². The van der Waals surface area contributed by atoms with Crippen LogP contribution in [0.4, 0.5) is 0 Å². The van der Waals surface area contributed by atoms with Crippen molar-refractivity contribution in [2.24, 2.45) is 0 Å². The molecule has 0 saturated heterocycles. The molecule has 1 fully saturated rings. The Morgan fingerprint density at radius 2 is 2.18 bits per heavy atom. The summed E-state index contributed by atoms with van der Waals surface area (Å²) in [4.78, 5) is 15.5. The fourth-order valence-electron chi connectivity index (χ4n) is 1.99. The summed E-state index contributed by atoms with van der Waals surface area (Å²) in [6.07, 6.45) is 2.04. The average Bonchev–Trinajstić information content (AvgIpc) is 3.18. The van der Waals surface area contributed by atoms with Crippen molar-refractivity contribution in [2.45, 2.75) is 24.4 Å². The number of hydrogen-bond donors (Lipinski definition) is 1. The van der Waals surface area contributed by atoms with Gasteiger partial charge in [0.25, 0.3) is 0 Å². The van der Waals surface area contributed by atoms with Crippen LogP contribution in [0.2, 0.25) is 0 Å². The molecule has 0 aromatic carbocycles. The van der Waals surface area contributed by atoms with E-state index in [1.54, 1.807) is 12.3 Å². The molecule has 1 unspecified atom stereocenters. The van der Waals surface area contributed by atoms with Gasteiger partial charge in [-0.3, -0.25) is 0 Å². The molecule has 1 aliphatic rings. The first kappa shape index (κ1) is 11.9. The van der Waals surface area contributed by atoms with Gasteiger partial charge < -0.3 is 14.6 Å². The number of methoxy groups -OCH3 is 2. The van der Waals surface area contributed by atoms with E-state index in [0.29, 0.717) is 5.88 Å². The minimum absolute atomic E-state index is 0.511. The second kappa shape index (κ2) is 4.33. The Labute approximate surface area is 99.4 Å². The summed E-state index contributed by atoms with van der Waals surface area (Å²) >= 11 is 0. The molecule has 1 aliphatic carbocycles. The van der Waals surface area contributed by atoms with Crippen LogP contribution in [-0.4, -0.2) is 36.4 Å². The minimum Gasteiger partial charge on any atom is -0.481 e. The summed E-state index contributed by atoms with van der Waals surface area (Å²) in [6, 6.07) is 3.55. The molecule has 17 heavy (non-hydrogen) atoms. The number of esters is 1. The standard InChI is InChI=1S/C12H15NO4/c1-16-9-4-3-8(7-13-9)12(5-6-12)10(14)11(15)17-2/h3-4,7,10,14H,5-6H2,1-2H3. The second-order valence-electron chi connectivity index (χ2n) is 4.17. The van der Waals surface area contributed by atoms with E-state index in [0.717, 1.165) is 18.4 Å². The summed E-state index contributed by atoms with van der Waals surface area (Å²) < 4.78 is 9.54. The maximum Gasteiger partial charge on any atom is 0.335 e. The van der Waals surface area contributed by atoms with Crippen molar-refractivity contribution in [1.82, 2.24) is 4.98 Å². The lowest BCUT2D eigenvalue weighted by molar-refractivity contribution is -0.152. The number of aliphatic hydroxyl groups excluding tert-OH is 1. The Bertz CT molecular complexity index is 411. The predicted octanol–water partition coefficient (Wildman–Crippen LogP) is 0.656. The van der Waals surface area contributed by atoms with Gasteiger partial charge in [-0.2, -0.15) is 0 Å². The lowest BCUT2D eigenvalue weighted by Gasteiger charge is -2.20. The van der Waals surface area contributed by atoms with E-state index >= 15 is 0 Å². The van der Waals surface area contributed by atoms with E-state index in [4.69, 9.17) is 4.74 Å². The van der Waals surface area contributed by atoms with E-state index in [9.17, 15) is 9.90 Å². The average molecular weight is 237 g/mol. The second-order valence-corrected chi connectivity index (χ2v) is 4.17. The molecular weight excluding hydrogens is 222 g/mol. The Morgan fingerprint density at radius 3 is 2.59 bits per heavy atom. The number of ether oxygens (including phenoxy) is 2. The fraction of sp³-hybridized carbons (Fsp3) is 0.500. The molecular formula is C12H15NO4. The van der Waals surface area contributed by atoms with Crippen LogP contribution < -0.4 is 4.74 Å². The Kier molecular flexibility index (Phi) is 3.02. The van der Waals surface area contributed by atoms with Gasteiger partial charge in [0.05, 0.1) is 14.2 Å². The zero-order chi connectivity index (χ0) is 12.5. The van der Waals surface area contributed by atoms with Gasteiger partial charge in [0, 0.05) is 17.7 Å². The van der Waals surface area contributed by atoms with Crippen LogP contribution in [0.25, 0.3) is 0 Å². The zero-order valence-corrected chi connectivity index (χ0v) is 9.84. The van der Waals surface area contributed by atoms with Gasteiger partial charge >= 0.3 is 5.97 Å². The summed E-state index contributed by atoms with van der Waals surface area (Å²) in [5.41, 5.74) is 0.322. The highest BCUT2D eigenvalue weighted by molar-refractivity contribution is 5.77. The van der Waals surface area contributed by atoms with Gasteiger partial charge in [-0.05, 0) is 18.4 Å². The molecule has 0 spiro atoms. The van der Waals surface area contributed by atoms with Crippen LogP contribution >= 0.6 is 0 Å². The molecule has 1 aromatic rings. The number of hydrogen-bond acceptors (Lipinski definition) is 5. The van der Waals surface area contributed by atoms with Crippen molar-refractivity contribution in [1.29, 1.82) is 0 Å². The van der Waals surface area contributed by atoms with Crippen molar-refractivity contribution in [3.8, 4) is 5.88 Å². The van der Waals surface area contributed by atoms with E-state index < -0.39 is 17.5 Å². The highest BCUT2D eigenvalue weighted by Gasteiger charge is 2.54. The number of carbonyl (C=O) groups is 1. The van der Waals surface area contributed by atoms with E-state index in [2.05, 4.69) is 9.72 Å². The fourth-order valence-corrected chi connectivity index (χ4v) is 1.99. The van der Waals surface area contributed by atoms with Gasteiger partial charge in [-0.1, -0.05) is 6.07 Å². The normalized spacial score (nSPS) is 18.3. The van der Waals surface area contributed by atoms with Gasteiger partial charge in [0.15, 0.2) is 6.10 Å². The van der Waals surface area contributed by atoms with Crippen LogP contribution in [0.5, 0.6) is 5.88 Å². The molecule has 5 nitrogen and oxygen atoms in total. The van der Waals surface area contributed by atoms with E-state index in [-0.39, 0.29) is 0 Å². The maximum absolute atomic E-state index is 11.4. The number of pyridine rings is 1. The molecule has 0 amide bonds. The number of aliphatic hydroxyl groups is 1. The molecule has 0 radical (unpaired) electrons. The topological polar surface area (TPSA) is 68.7 Å². The predicted molar refractivity (Wildman–Crippen MR) is 59.7 cm³/mol. The van der Waals surface area contributed by atoms with Crippen molar-refractivity contribution in [3.63, 3.8) is 0 Å². The van der Waals surface area contributed by atoms with Gasteiger partial charge in [-0.25, -0.2) is 9.78 Å². The largest absolute Gasteiger partial charge is 0.481 e. The van der Waals surface area contributed by atoms with E-state index in [1.807, 2.05) is 6.07 Å². The molecule has 1 heterocycles. The molecule has 1 saturated carbocycles. The third-order valence-corrected chi connectivity index (χ3v) is 3.26. The van der Waals surface area contributed by atoms with Crippen molar-refractivity contribution in [2.75, 3.05) is 14.2 Å². The first-order valence-electron chi connectivity index (χ1n) is 5.40. The van der Waals surface area contributed by atoms with Crippen LogP contribution in [0.15, 0.2) is 18.3 Å². The number of rotatable bonds is 4. The van der Waals surface area contributed by atoms with Crippen LogP contribution in [0, 0.1) is 0 Å². The highest BCUT2D eigenvalue weighted by Crippen LogP contribution is 2.51. The summed E-state index contributed by atoms with van der Waals surface area (Å²) in [7, 11) is 2.81. The Balaban J connectivity index is 2.23. The quantitative estimate of drug-likeness (QED) is 0.779. The first-order valence-corrected chi connectivity index (χ1v) is 5.40. The van der Waals surface area contributed by atoms with E-state index in [1.165, 1.54) is 14.2 Å². The van der Waals surface area contributed by atoms with Gasteiger partial charge in [0.1, 0.15) is 0 Å². The monoisotopic (exact) mass is 237 g/mol. The smallest absolute Gasteiger partial charge is 0.335 e. The first-order chi connectivity index (χ1) is 8.14. The Morgan fingerprint density at radius 1 is 1.47 bits per heavy atom. The molecule has 1 N–H and O–H groups in total. The van der Waals surface area contributed by atoms with Gasteiger partial charge in [0.2, 0.25) is 5.88 Å². The molecule has 2 rings (SSSR count). The summed E-state index contributed by atoms with van der Waals surface area (Å²) in [6.45, 7) is 0. The van der Waals surface area contributed by atoms with Crippen LogP contribution in [-0.2, 0) is 14.9 Å². The SMILES string of the molecule is COC(=O)C(O)C1(c2ccc(OC)nc2)CC1. The van der Waals surface area contributed by atoms with Crippen LogP contribution in [0.3, 0.4) is 0 Å². The zero-order valence-electron chi connectivity index (χ0n) is 9.84. The van der Waals surface area contributed by atoms with Crippen molar-refractivity contribution in [3.05, 3.63) is 23.9 Å². The molecule has 1 aromatic heterocycles. The number of carbonyl (C=O) groups excluding carboxylic acids is 1. The van der Waals surface area contributed by atoms with Crippen molar-refractivity contribution >= 4 is 5.97 Å². The Hall–Kier alpha value is -1.62. The minimum atomic E-state index is -1.12. The lowest BCUT2D eigenvalue weighted by atomic mass is 9.91. The lowest BCUT2D eigenvalue weighted by Crippen LogP contribution is -2.35. The maximum atomic E-state index is 11.4. The third-order valence-electron chi connectivity index (χ3n) is 3.26. The van der Waals surface area contributed by atoms with Crippen molar-refractivity contribution < 1.29 is 19.4 Å². The number of aromatic nitrogens is 1. The molecule has 5 heteroatoms. The number of nitrogens with zero attached hydrogens (tertiary/aromatic N) is 1. The van der Waals surface area contributed by atoms with Crippen LogP contribution in [0.1, 0.15) is 18.4 Å². The highest BCUT2D eigenvalue weighted by atomic mass is 16.5. The molecule has 92 valence electrons.